The highest BCUT2D eigenvalue weighted by molar-refractivity contribution is 7.29. The number of nitrogens with two attached hydrogens (primary N) is 1. The number of anilines is 1. The van der Waals surface area contributed by atoms with Crippen molar-refractivity contribution in [2.24, 2.45) is 0 Å². The van der Waals surface area contributed by atoms with E-state index in [0.29, 0.717) is 16.5 Å². The highest BCUT2D eigenvalue weighted by Crippen LogP contribution is 2.41. The molecular weight excluding hydrogens is 501 g/mol. The number of halogens is 2. The molecule has 36 heavy (non-hydrogen) atoms. The molecule has 200 valence electrons. The number of phenolic OH excluding ortho intramolecular Hbond substituents is 1. The van der Waals surface area contributed by atoms with Crippen LogP contribution in [0, 0.1) is 5.82 Å². The van der Waals surface area contributed by atoms with Crippen molar-refractivity contribution in [1.29, 1.82) is 0 Å². The van der Waals surface area contributed by atoms with E-state index in [1.165, 1.54) is 0 Å². The molecular formula is C22H31F2N4O7P. The fourth-order valence-electron chi connectivity index (χ4n) is 3.05. The van der Waals surface area contributed by atoms with E-state index in [2.05, 4.69) is 10.1 Å². The molecule has 1 aromatic heterocycles. The Labute approximate surface area is 208 Å². The number of benzene rings is 1. The van der Waals surface area contributed by atoms with Crippen molar-refractivity contribution in [3.63, 3.8) is 0 Å². The number of aliphatic hydroxyl groups excluding tert-OH is 1. The van der Waals surface area contributed by atoms with E-state index in [4.69, 9.17) is 24.8 Å². The smallest absolute Gasteiger partial charge is 0.351 e. The Bertz CT molecular complexity index is 1060. The van der Waals surface area contributed by atoms with Gasteiger partial charge in [-0.3, -0.25) is 14.4 Å². The predicted octanol–water partition coefficient (Wildman–Crippen LogP) is 1.80. The summed E-state index contributed by atoms with van der Waals surface area (Å²) in [5.41, 5.74) is 1.78. The Morgan fingerprint density at radius 3 is 2.56 bits per heavy atom. The van der Waals surface area contributed by atoms with Gasteiger partial charge in [0, 0.05) is 0 Å². The maximum atomic E-state index is 15.0. The van der Waals surface area contributed by atoms with Gasteiger partial charge in [0.25, 0.3) is 0 Å². The Hall–Kier alpha value is -2.70. The lowest BCUT2D eigenvalue weighted by molar-refractivity contribution is -0.148. The third-order valence-corrected chi connectivity index (χ3v) is 5.82. The number of hydrogen-bond donors (Lipinski definition) is 4. The summed E-state index contributed by atoms with van der Waals surface area (Å²) in [6, 6.07) is 8.08. The van der Waals surface area contributed by atoms with Crippen LogP contribution in [0.5, 0.6) is 5.75 Å². The molecule has 0 bridgehead atoms. The highest BCUT2D eigenvalue weighted by Gasteiger charge is 2.55. The van der Waals surface area contributed by atoms with Gasteiger partial charge in [-0.1, -0.05) is 18.2 Å². The van der Waals surface area contributed by atoms with Crippen LogP contribution in [0.2, 0.25) is 0 Å². The molecule has 0 radical (unpaired) electrons. The third kappa shape index (κ3) is 7.90. The Morgan fingerprint density at radius 1 is 1.36 bits per heavy atom. The summed E-state index contributed by atoms with van der Waals surface area (Å²) in [5, 5.41) is 21.7. The van der Waals surface area contributed by atoms with Crippen molar-refractivity contribution in [3.05, 3.63) is 52.8 Å². The van der Waals surface area contributed by atoms with Gasteiger partial charge in [0.05, 0.1) is 27.9 Å². The molecule has 2 aromatic rings. The van der Waals surface area contributed by atoms with E-state index in [-0.39, 0.29) is 21.7 Å². The lowest BCUT2D eigenvalue weighted by Gasteiger charge is -2.24. The monoisotopic (exact) mass is 532 g/mol. The van der Waals surface area contributed by atoms with Crippen LogP contribution in [-0.4, -0.2) is 62.4 Å². The number of nitrogens with one attached hydrogen (secondary N) is 1. The molecule has 11 nitrogen and oxygen atoms in total. The molecule has 6 atom stereocenters. The number of aromatic nitrogens is 2. The number of rotatable bonds is 8. The van der Waals surface area contributed by atoms with Crippen molar-refractivity contribution in [2.45, 2.75) is 63.9 Å². The SMILES string of the molecule is CC(C)OC(=O)C(C)NPOCC1OC(n2cc(F)c(N)nc2=O)C(C)(F)[C@H]1O.Oc1ccccc1. The Morgan fingerprint density at radius 2 is 2.00 bits per heavy atom. The van der Waals surface area contributed by atoms with Crippen LogP contribution < -0.4 is 16.5 Å². The number of alkyl halides is 1. The zero-order chi connectivity index (χ0) is 27.0. The normalized spacial score (nSPS) is 24.5. The standard InChI is InChI=1S/C16H25F2N4O6P.C6H6O/c1-7(2)27-13(24)8(3)21-29-26-6-10-11(23)16(4,18)14(28-10)22-5-9(17)12(19)20-15(22)25;7-6-4-2-1-3-5-6/h5,7-8,10-11,14,21,23,29H,6H2,1-4H3,(H2,19,20,25);1-5,7H/t8?,10?,11-,14?,16?;/m0./s1. The summed E-state index contributed by atoms with van der Waals surface area (Å²) in [6.07, 6.45) is -4.01. The van der Waals surface area contributed by atoms with Crippen LogP contribution in [0.3, 0.4) is 0 Å². The van der Waals surface area contributed by atoms with Gasteiger partial charge in [-0.25, -0.2) is 13.6 Å². The van der Waals surface area contributed by atoms with Gasteiger partial charge in [0.1, 0.15) is 24.0 Å². The minimum Gasteiger partial charge on any atom is -0.508 e. The molecule has 0 amide bonds. The van der Waals surface area contributed by atoms with Gasteiger partial charge in [0.15, 0.2) is 23.5 Å². The Kier molecular flexibility index (Phi) is 10.7. The van der Waals surface area contributed by atoms with E-state index >= 15 is 4.39 Å². The minimum atomic E-state index is -2.42. The van der Waals surface area contributed by atoms with Gasteiger partial charge in [-0.05, 0) is 39.8 Å². The molecule has 14 heteroatoms. The third-order valence-electron chi connectivity index (χ3n) is 4.96. The largest absolute Gasteiger partial charge is 0.508 e. The molecule has 0 saturated carbocycles. The minimum absolute atomic E-state index is 0.242. The molecule has 1 aromatic carbocycles. The zero-order valence-electron chi connectivity index (χ0n) is 20.2. The predicted molar refractivity (Wildman–Crippen MR) is 128 cm³/mol. The van der Waals surface area contributed by atoms with Crippen molar-refractivity contribution >= 4 is 20.7 Å². The van der Waals surface area contributed by atoms with Crippen molar-refractivity contribution in [1.82, 2.24) is 14.6 Å². The highest BCUT2D eigenvalue weighted by atomic mass is 31.1. The lowest BCUT2D eigenvalue weighted by atomic mass is 9.98. The van der Waals surface area contributed by atoms with Crippen molar-refractivity contribution in [3.8, 4) is 5.75 Å². The fourth-order valence-corrected chi connectivity index (χ4v) is 3.68. The van der Waals surface area contributed by atoms with Gasteiger partial charge in [0.2, 0.25) is 0 Å². The van der Waals surface area contributed by atoms with Gasteiger partial charge in [-0.15, -0.1) is 0 Å². The molecule has 2 heterocycles. The van der Waals surface area contributed by atoms with Crippen LogP contribution in [0.25, 0.3) is 0 Å². The average Bonchev–Trinajstić information content (AvgIpc) is 3.03. The zero-order valence-corrected chi connectivity index (χ0v) is 21.2. The number of nitrogens with zero attached hydrogens (tertiary/aromatic N) is 2. The van der Waals surface area contributed by atoms with Crippen LogP contribution in [-0.2, 0) is 18.8 Å². The number of carbonyl (C=O) groups excluding carboxylic acids is 1. The molecule has 1 saturated heterocycles. The number of phenols is 1. The van der Waals surface area contributed by atoms with Crippen molar-refractivity contribution < 1.29 is 37.8 Å². The molecule has 0 spiro atoms. The first-order chi connectivity index (χ1) is 16.8. The number of aromatic hydroxyl groups is 1. The van der Waals surface area contributed by atoms with Gasteiger partial charge < -0.3 is 29.9 Å². The van der Waals surface area contributed by atoms with Gasteiger partial charge >= 0.3 is 11.7 Å². The number of hydrogen-bond acceptors (Lipinski definition) is 10. The van der Waals surface area contributed by atoms with Gasteiger partial charge in [-0.2, -0.15) is 4.98 Å². The number of carbonyl (C=O) groups is 1. The van der Waals surface area contributed by atoms with Crippen LogP contribution >= 0.6 is 8.96 Å². The second kappa shape index (κ2) is 13.0. The van der Waals surface area contributed by atoms with Crippen LogP contribution in [0.1, 0.15) is 33.9 Å². The Balaban J connectivity index is 0.000000558. The molecule has 3 rings (SSSR count). The van der Waals surface area contributed by atoms with Crippen molar-refractivity contribution in [2.75, 3.05) is 12.3 Å². The number of ether oxygens (including phenoxy) is 2. The first kappa shape index (κ1) is 29.5. The van der Waals surface area contributed by atoms with E-state index in [0.717, 1.165) is 6.92 Å². The molecule has 5 unspecified atom stereocenters. The molecule has 1 aliphatic heterocycles. The fraction of sp³-hybridized carbons (Fsp3) is 0.500. The summed E-state index contributed by atoms with van der Waals surface area (Å²) < 4.78 is 45.1. The van der Waals surface area contributed by atoms with E-state index in [9.17, 15) is 19.1 Å². The number of nitrogen functional groups attached to an aromatic ring is 1. The first-order valence-corrected chi connectivity index (χ1v) is 11.9. The number of esters is 1. The topological polar surface area (TPSA) is 158 Å². The number of para-hydroxylation sites is 1. The summed E-state index contributed by atoms with van der Waals surface area (Å²) in [6.45, 7) is 5.81. The average molecular weight is 532 g/mol. The summed E-state index contributed by atoms with van der Waals surface area (Å²) in [4.78, 5) is 26.9. The maximum Gasteiger partial charge on any atom is 0.351 e. The lowest BCUT2D eigenvalue weighted by Crippen LogP contribution is -2.43. The maximum absolute atomic E-state index is 15.0. The summed E-state index contributed by atoms with van der Waals surface area (Å²) >= 11 is 0. The van der Waals surface area contributed by atoms with E-state index < -0.39 is 53.4 Å². The molecule has 5 N–H and O–H groups in total. The molecule has 0 aliphatic carbocycles. The quantitative estimate of drug-likeness (QED) is 0.224. The van der Waals surface area contributed by atoms with E-state index in [1.54, 1.807) is 45.0 Å². The second-order valence-corrected chi connectivity index (χ2v) is 9.17. The molecule has 1 fully saturated rings. The van der Waals surface area contributed by atoms with Crippen LogP contribution in [0.15, 0.2) is 41.3 Å². The summed E-state index contributed by atoms with van der Waals surface area (Å²) in [5.74, 6) is -1.78. The first-order valence-electron chi connectivity index (χ1n) is 11.0. The molecule has 1 aliphatic rings. The van der Waals surface area contributed by atoms with Crippen LogP contribution in [0.4, 0.5) is 14.6 Å². The number of aliphatic hydroxyl groups is 1. The second-order valence-electron chi connectivity index (χ2n) is 8.39. The summed E-state index contributed by atoms with van der Waals surface area (Å²) in [7, 11) is -0.369. The van der Waals surface area contributed by atoms with E-state index in [1.807, 2.05) is 6.07 Å².